The summed E-state index contributed by atoms with van der Waals surface area (Å²) in [5.41, 5.74) is 2.83. The molecule has 2 aromatic carbocycles. The Morgan fingerprint density at radius 1 is 1.16 bits per heavy atom. The molecule has 0 bridgehead atoms. The van der Waals surface area contributed by atoms with Gasteiger partial charge in [0.25, 0.3) is 5.91 Å². The van der Waals surface area contributed by atoms with E-state index in [9.17, 15) is 4.79 Å². The van der Waals surface area contributed by atoms with Gasteiger partial charge >= 0.3 is 0 Å². The van der Waals surface area contributed by atoms with Crippen LogP contribution in [0.4, 0.5) is 11.4 Å². The fraction of sp³-hybridized carbons (Fsp3) is 0.211. The summed E-state index contributed by atoms with van der Waals surface area (Å²) in [6.45, 7) is 4.17. The van der Waals surface area contributed by atoms with Crippen LogP contribution in [0.5, 0.6) is 0 Å². The van der Waals surface area contributed by atoms with Gasteiger partial charge in [0.15, 0.2) is 11.4 Å². The third-order valence-electron chi connectivity index (χ3n) is 3.56. The van der Waals surface area contributed by atoms with Crippen molar-refractivity contribution in [2.75, 3.05) is 11.6 Å². The standard InChI is InChI=1S/C19H20N4OS/c1-13(2)14-8-4-6-10-16(14)22-18(24)15-9-5-7-11-17(15)23-19(25-3)21-12-20/h4-11,13H,1-3H3,(H,21,23)(H,22,24). The highest BCUT2D eigenvalue weighted by Crippen LogP contribution is 2.26. The number of thioether (sulfide) groups is 1. The number of nitrogens with one attached hydrogen (secondary N) is 2. The maximum Gasteiger partial charge on any atom is 0.257 e. The smallest absolute Gasteiger partial charge is 0.257 e. The second kappa shape index (κ2) is 8.90. The number of amides is 1. The Hall–Kier alpha value is -2.78. The van der Waals surface area contributed by atoms with E-state index >= 15 is 0 Å². The molecule has 0 aliphatic carbocycles. The Morgan fingerprint density at radius 3 is 2.52 bits per heavy atom. The molecule has 2 rings (SSSR count). The zero-order valence-electron chi connectivity index (χ0n) is 14.4. The molecular formula is C19H20N4OS. The van der Waals surface area contributed by atoms with Gasteiger partial charge in [-0.3, -0.25) is 10.1 Å². The van der Waals surface area contributed by atoms with Crippen LogP contribution in [0.2, 0.25) is 0 Å². The summed E-state index contributed by atoms with van der Waals surface area (Å²) in [6, 6.07) is 14.8. The molecule has 2 aromatic rings. The van der Waals surface area contributed by atoms with E-state index in [4.69, 9.17) is 5.26 Å². The molecule has 0 aliphatic heterocycles. The van der Waals surface area contributed by atoms with Crippen LogP contribution >= 0.6 is 11.8 Å². The van der Waals surface area contributed by atoms with Gasteiger partial charge in [-0.05, 0) is 35.9 Å². The van der Waals surface area contributed by atoms with Crippen molar-refractivity contribution in [2.24, 2.45) is 4.99 Å². The first-order valence-electron chi connectivity index (χ1n) is 7.84. The van der Waals surface area contributed by atoms with Crippen LogP contribution in [0.25, 0.3) is 0 Å². The summed E-state index contributed by atoms with van der Waals surface area (Å²) in [6.07, 6.45) is 3.66. The first-order valence-corrected chi connectivity index (χ1v) is 9.06. The zero-order chi connectivity index (χ0) is 18.2. The predicted octanol–water partition coefficient (Wildman–Crippen LogP) is 4.48. The number of amidine groups is 1. The Morgan fingerprint density at radius 2 is 1.84 bits per heavy atom. The van der Waals surface area contributed by atoms with Gasteiger partial charge in [0.2, 0.25) is 0 Å². The number of rotatable bonds is 4. The topological polar surface area (TPSA) is 77.3 Å². The first-order chi connectivity index (χ1) is 12.1. The number of hydrogen-bond donors (Lipinski definition) is 2. The minimum absolute atomic E-state index is 0.232. The number of nitrogens with zero attached hydrogens (tertiary/aromatic N) is 2. The number of carbonyl (C=O) groups excluding carboxylic acids is 1. The average Bonchev–Trinajstić information content (AvgIpc) is 2.62. The van der Waals surface area contributed by atoms with Crippen LogP contribution in [-0.2, 0) is 0 Å². The monoisotopic (exact) mass is 352 g/mol. The molecule has 25 heavy (non-hydrogen) atoms. The lowest BCUT2D eigenvalue weighted by Gasteiger charge is -2.14. The van der Waals surface area contributed by atoms with Crippen LogP contribution in [0, 0.1) is 11.5 Å². The van der Waals surface area contributed by atoms with Gasteiger partial charge in [-0.25, -0.2) is 4.99 Å². The highest BCUT2D eigenvalue weighted by Gasteiger charge is 2.14. The minimum Gasteiger partial charge on any atom is -0.322 e. The second-order valence-corrected chi connectivity index (χ2v) is 6.37. The van der Waals surface area contributed by atoms with Crippen molar-refractivity contribution in [1.82, 2.24) is 5.32 Å². The van der Waals surface area contributed by atoms with Crippen molar-refractivity contribution in [3.05, 3.63) is 59.7 Å². The average molecular weight is 352 g/mol. The number of anilines is 1. The Labute approximate surface area is 152 Å². The van der Waals surface area contributed by atoms with Crippen molar-refractivity contribution < 1.29 is 4.79 Å². The molecule has 0 aromatic heterocycles. The second-order valence-electron chi connectivity index (χ2n) is 5.57. The van der Waals surface area contributed by atoms with Crippen molar-refractivity contribution in [3.8, 4) is 6.19 Å². The molecule has 5 nitrogen and oxygen atoms in total. The molecule has 0 saturated heterocycles. The fourth-order valence-corrected chi connectivity index (χ4v) is 2.69. The molecule has 0 radical (unpaired) electrons. The maximum atomic E-state index is 12.8. The minimum atomic E-state index is -0.232. The lowest BCUT2D eigenvalue weighted by molar-refractivity contribution is 0.102. The molecular weight excluding hydrogens is 332 g/mol. The van der Waals surface area contributed by atoms with Gasteiger partial charge in [-0.1, -0.05) is 55.9 Å². The quantitative estimate of drug-likeness (QED) is 0.368. The molecule has 2 N–H and O–H groups in total. The van der Waals surface area contributed by atoms with Crippen molar-refractivity contribution in [3.63, 3.8) is 0 Å². The highest BCUT2D eigenvalue weighted by atomic mass is 32.2. The highest BCUT2D eigenvalue weighted by molar-refractivity contribution is 8.13. The third-order valence-corrected chi connectivity index (χ3v) is 4.14. The molecule has 6 heteroatoms. The number of carbonyl (C=O) groups is 1. The molecule has 128 valence electrons. The molecule has 0 atom stereocenters. The third kappa shape index (κ3) is 4.85. The molecule has 1 amide bonds. The van der Waals surface area contributed by atoms with Gasteiger partial charge in [0.05, 0.1) is 11.3 Å². The Balaban J connectivity index is 2.34. The van der Waals surface area contributed by atoms with Gasteiger partial charge < -0.3 is 5.32 Å². The normalized spacial score (nSPS) is 11.1. The predicted molar refractivity (Wildman–Crippen MR) is 104 cm³/mol. The van der Waals surface area contributed by atoms with Gasteiger partial charge in [0.1, 0.15) is 0 Å². The lowest BCUT2D eigenvalue weighted by Crippen LogP contribution is -2.15. The molecule has 0 spiro atoms. The van der Waals surface area contributed by atoms with Gasteiger partial charge in [-0.15, -0.1) is 0 Å². The van der Waals surface area contributed by atoms with Gasteiger partial charge in [0, 0.05) is 5.69 Å². The fourth-order valence-electron chi connectivity index (χ4n) is 2.35. The summed E-state index contributed by atoms with van der Waals surface area (Å²) in [5.74, 6) is 0.0672. The van der Waals surface area contributed by atoms with Crippen molar-refractivity contribution in [1.29, 1.82) is 5.26 Å². The largest absolute Gasteiger partial charge is 0.322 e. The maximum absolute atomic E-state index is 12.8. The number of aliphatic imine (C=N–C) groups is 1. The van der Waals surface area contributed by atoms with Crippen LogP contribution in [0.15, 0.2) is 53.5 Å². The summed E-state index contributed by atoms with van der Waals surface area (Å²) in [7, 11) is 0. The summed E-state index contributed by atoms with van der Waals surface area (Å²) < 4.78 is 0. The van der Waals surface area contributed by atoms with E-state index in [0.717, 1.165) is 11.3 Å². The summed E-state index contributed by atoms with van der Waals surface area (Å²) in [4.78, 5) is 17.1. The molecule has 0 fully saturated rings. The van der Waals surface area contributed by atoms with E-state index in [1.165, 1.54) is 11.8 Å². The summed E-state index contributed by atoms with van der Waals surface area (Å²) >= 11 is 1.30. The number of nitriles is 1. The van der Waals surface area contributed by atoms with Gasteiger partial charge in [-0.2, -0.15) is 5.26 Å². The van der Waals surface area contributed by atoms with E-state index < -0.39 is 0 Å². The Bertz CT molecular complexity index is 824. The van der Waals surface area contributed by atoms with Crippen molar-refractivity contribution in [2.45, 2.75) is 19.8 Å². The molecule has 0 aliphatic rings. The number of para-hydroxylation sites is 2. The van der Waals surface area contributed by atoms with E-state index in [-0.39, 0.29) is 5.91 Å². The number of benzene rings is 2. The van der Waals surface area contributed by atoms with Crippen LogP contribution in [0.3, 0.4) is 0 Å². The number of hydrogen-bond acceptors (Lipinski definition) is 4. The first kappa shape index (κ1) is 18.6. The van der Waals surface area contributed by atoms with E-state index in [1.54, 1.807) is 18.2 Å². The Kier molecular flexibility index (Phi) is 6.61. The van der Waals surface area contributed by atoms with E-state index in [0.29, 0.717) is 22.3 Å². The zero-order valence-corrected chi connectivity index (χ0v) is 15.2. The van der Waals surface area contributed by atoms with Crippen LogP contribution < -0.4 is 10.6 Å². The van der Waals surface area contributed by atoms with Crippen molar-refractivity contribution >= 4 is 34.2 Å². The molecule has 0 saturated carbocycles. The molecule has 0 unspecified atom stereocenters. The van der Waals surface area contributed by atoms with Crippen LogP contribution in [-0.4, -0.2) is 17.3 Å². The lowest BCUT2D eigenvalue weighted by atomic mass is 10.0. The summed E-state index contributed by atoms with van der Waals surface area (Å²) in [5, 5.41) is 14.7. The SMILES string of the molecule is CSC(=Nc1ccccc1C(=O)Nc1ccccc1C(C)C)NC#N. The van der Waals surface area contributed by atoms with E-state index in [2.05, 4.69) is 29.5 Å². The van der Waals surface area contributed by atoms with Crippen LogP contribution in [0.1, 0.15) is 35.7 Å². The van der Waals surface area contributed by atoms with E-state index in [1.807, 2.05) is 42.8 Å². The molecule has 0 heterocycles.